The monoisotopic (exact) mass is 322 g/mol. The summed E-state index contributed by atoms with van der Waals surface area (Å²) in [5.74, 6) is 0.856. The average Bonchev–Trinajstić information content (AvgIpc) is 2.97. The van der Waals surface area contributed by atoms with Crippen molar-refractivity contribution in [1.82, 2.24) is 20.5 Å². The number of urea groups is 1. The minimum Gasteiger partial charge on any atom is -0.338 e. The zero-order valence-electron chi connectivity index (χ0n) is 13.1. The fourth-order valence-electron chi connectivity index (χ4n) is 3.19. The van der Waals surface area contributed by atoms with E-state index < -0.39 is 0 Å². The molecule has 0 aromatic carbocycles. The Bertz CT molecular complexity index is 453. The van der Waals surface area contributed by atoms with Gasteiger partial charge in [-0.25, -0.2) is 9.78 Å². The number of hydrogen-bond acceptors (Lipinski definition) is 4. The van der Waals surface area contributed by atoms with Crippen molar-refractivity contribution in [2.45, 2.75) is 51.1 Å². The van der Waals surface area contributed by atoms with Gasteiger partial charge in [0.2, 0.25) is 0 Å². The number of carbonyl (C=O) groups excluding carboxylic acids is 1. The van der Waals surface area contributed by atoms with Crippen LogP contribution in [-0.2, 0) is 6.54 Å². The second kappa shape index (κ2) is 7.92. The van der Waals surface area contributed by atoms with Gasteiger partial charge in [-0.15, -0.1) is 11.3 Å². The van der Waals surface area contributed by atoms with E-state index in [1.807, 2.05) is 5.51 Å². The molecule has 2 amide bonds. The Kier molecular flexibility index (Phi) is 5.67. The van der Waals surface area contributed by atoms with Gasteiger partial charge in [0.25, 0.3) is 0 Å². The van der Waals surface area contributed by atoms with Crippen LogP contribution in [0.4, 0.5) is 4.79 Å². The van der Waals surface area contributed by atoms with Crippen LogP contribution < -0.4 is 10.6 Å². The van der Waals surface area contributed by atoms with E-state index in [1.54, 1.807) is 11.3 Å². The Morgan fingerprint density at radius 2 is 2.14 bits per heavy atom. The molecule has 2 fully saturated rings. The molecule has 22 heavy (non-hydrogen) atoms. The highest BCUT2D eigenvalue weighted by atomic mass is 32.1. The smallest absolute Gasteiger partial charge is 0.315 e. The van der Waals surface area contributed by atoms with E-state index in [0.29, 0.717) is 6.04 Å². The lowest BCUT2D eigenvalue weighted by atomic mass is 9.83. The van der Waals surface area contributed by atoms with Crippen LogP contribution in [0.25, 0.3) is 0 Å². The number of aromatic nitrogens is 1. The lowest BCUT2D eigenvalue weighted by Gasteiger charge is -2.32. The fraction of sp³-hybridized carbons (Fsp3) is 0.750. The normalized spacial score (nSPS) is 20.5. The summed E-state index contributed by atoms with van der Waals surface area (Å²) in [5.41, 5.74) is 3.04. The van der Waals surface area contributed by atoms with Gasteiger partial charge in [0.05, 0.1) is 11.2 Å². The molecular weight excluding hydrogens is 296 g/mol. The van der Waals surface area contributed by atoms with Gasteiger partial charge in [-0.1, -0.05) is 19.3 Å². The highest BCUT2D eigenvalue weighted by molar-refractivity contribution is 7.07. The lowest BCUT2D eigenvalue weighted by molar-refractivity contribution is 0.185. The standard InChI is InChI=1S/C16H26N4OS/c21-16(17-7-4-13-2-1-3-13)19-14-5-8-20(9-6-14)10-15-11-22-12-18-15/h11-14H,1-10H2,(H2,17,19,21). The molecule has 3 rings (SSSR count). The van der Waals surface area contributed by atoms with Crippen LogP contribution in [0.15, 0.2) is 10.9 Å². The molecule has 1 aromatic heterocycles. The third-order valence-corrected chi connectivity index (χ3v) is 5.49. The summed E-state index contributed by atoms with van der Waals surface area (Å²) in [6.07, 6.45) is 7.26. The Labute approximate surface area is 136 Å². The first kappa shape index (κ1) is 15.7. The number of carbonyl (C=O) groups is 1. The Hall–Kier alpha value is -1.14. The van der Waals surface area contributed by atoms with Crippen LogP contribution in [-0.4, -0.2) is 41.6 Å². The Morgan fingerprint density at radius 1 is 1.32 bits per heavy atom. The first-order chi connectivity index (χ1) is 10.8. The van der Waals surface area contributed by atoms with Gasteiger partial charge < -0.3 is 10.6 Å². The molecule has 0 bridgehead atoms. The minimum atomic E-state index is 0.0114. The summed E-state index contributed by atoms with van der Waals surface area (Å²) >= 11 is 1.65. The maximum atomic E-state index is 11.9. The maximum absolute atomic E-state index is 11.9. The van der Waals surface area contributed by atoms with Crippen LogP contribution in [0.5, 0.6) is 0 Å². The van der Waals surface area contributed by atoms with E-state index in [-0.39, 0.29) is 6.03 Å². The SMILES string of the molecule is O=C(NCCC1CCC1)NC1CCN(Cc2cscn2)CC1. The van der Waals surface area contributed by atoms with E-state index in [0.717, 1.165) is 57.1 Å². The molecule has 6 heteroatoms. The maximum Gasteiger partial charge on any atom is 0.315 e. The molecule has 2 N–H and O–H groups in total. The summed E-state index contributed by atoms with van der Waals surface area (Å²) in [6.45, 7) is 3.82. The molecule has 1 aromatic rings. The topological polar surface area (TPSA) is 57.3 Å². The first-order valence-electron chi connectivity index (χ1n) is 8.43. The minimum absolute atomic E-state index is 0.0114. The second-order valence-electron chi connectivity index (χ2n) is 6.52. The van der Waals surface area contributed by atoms with Crippen LogP contribution in [0, 0.1) is 5.92 Å². The predicted molar refractivity (Wildman–Crippen MR) is 88.9 cm³/mol. The molecule has 0 spiro atoms. The number of amides is 2. The zero-order chi connectivity index (χ0) is 15.2. The van der Waals surface area contributed by atoms with E-state index in [1.165, 1.54) is 19.3 Å². The Balaban J connectivity index is 1.28. The molecule has 2 heterocycles. The number of hydrogen-bond donors (Lipinski definition) is 2. The number of rotatable bonds is 6. The van der Waals surface area contributed by atoms with Gasteiger partial charge >= 0.3 is 6.03 Å². The van der Waals surface area contributed by atoms with Crippen molar-refractivity contribution in [3.05, 3.63) is 16.6 Å². The molecular formula is C16H26N4OS. The van der Waals surface area contributed by atoms with Gasteiger partial charge in [0, 0.05) is 37.6 Å². The zero-order valence-corrected chi connectivity index (χ0v) is 13.9. The van der Waals surface area contributed by atoms with Crippen molar-refractivity contribution in [3.63, 3.8) is 0 Å². The van der Waals surface area contributed by atoms with Gasteiger partial charge in [0.15, 0.2) is 0 Å². The number of likely N-dealkylation sites (tertiary alicyclic amines) is 1. The van der Waals surface area contributed by atoms with Crippen molar-refractivity contribution >= 4 is 17.4 Å². The molecule has 0 unspecified atom stereocenters. The second-order valence-corrected chi connectivity index (χ2v) is 7.23. The van der Waals surface area contributed by atoms with Crippen molar-refractivity contribution < 1.29 is 4.79 Å². The van der Waals surface area contributed by atoms with Crippen molar-refractivity contribution in [1.29, 1.82) is 0 Å². The van der Waals surface area contributed by atoms with Crippen LogP contribution in [0.1, 0.15) is 44.2 Å². The molecule has 2 aliphatic rings. The van der Waals surface area contributed by atoms with Crippen LogP contribution in [0.2, 0.25) is 0 Å². The number of nitrogens with one attached hydrogen (secondary N) is 2. The predicted octanol–water partition coefficient (Wildman–Crippen LogP) is 2.60. The summed E-state index contributed by atoms with van der Waals surface area (Å²) in [6, 6.07) is 0.327. The van der Waals surface area contributed by atoms with E-state index in [4.69, 9.17) is 0 Å². The average molecular weight is 322 g/mol. The molecule has 1 saturated heterocycles. The summed E-state index contributed by atoms with van der Waals surface area (Å²) in [7, 11) is 0. The fourth-order valence-corrected chi connectivity index (χ4v) is 3.74. The molecule has 122 valence electrons. The molecule has 1 saturated carbocycles. The van der Waals surface area contributed by atoms with Crippen molar-refractivity contribution in [2.24, 2.45) is 5.92 Å². The van der Waals surface area contributed by atoms with Crippen LogP contribution in [0.3, 0.4) is 0 Å². The van der Waals surface area contributed by atoms with Gasteiger partial charge in [0.1, 0.15) is 0 Å². The first-order valence-corrected chi connectivity index (χ1v) is 9.37. The molecule has 0 atom stereocenters. The molecule has 5 nitrogen and oxygen atoms in total. The molecule has 0 radical (unpaired) electrons. The Morgan fingerprint density at radius 3 is 2.77 bits per heavy atom. The quantitative estimate of drug-likeness (QED) is 0.846. The lowest BCUT2D eigenvalue weighted by Crippen LogP contribution is -2.48. The number of piperidine rings is 1. The van der Waals surface area contributed by atoms with Crippen LogP contribution >= 0.6 is 11.3 Å². The number of nitrogens with zero attached hydrogens (tertiary/aromatic N) is 2. The third kappa shape index (κ3) is 4.68. The molecule has 1 aliphatic carbocycles. The molecule has 1 aliphatic heterocycles. The van der Waals surface area contributed by atoms with Gasteiger partial charge in [-0.05, 0) is 25.2 Å². The van der Waals surface area contributed by atoms with Crippen molar-refractivity contribution in [3.8, 4) is 0 Å². The van der Waals surface area contributed by atoms with Gasteiger partial charge in [-0.3, -0.25) is 4.90 Å². The third-order valence-electron chi connectivity index (χ3n) is 4.85. The van der Waals surface area contributed by atoms with E-state index in [9.17, 15) is 4.79 Å². The highest BCUT2D eigenvalue weighted by Crippen LogP contribution is 2.28. The highest BCUT2D eigenvalue weighted by Gasteiger charge is 2.21. The summed E-state index contributed by atoms with van der Waals surface area (Å²) in [4.78, 5) is 18.6. The van der Waals surface area contributed by atoms with Crippen molar-refractivity contribution in [2.75, 3.05) is 19.6 Å². The largest absolute Gasteiger partial charge is 0.338 e. The number of thiazole rings is 1. The summed E-state index contributed by atoms with van der Waals surface area (Å²) in [5, 5.41) is 8.23. The van der Waals surface area contributed by atoms with Gasteiger partial charge in [-0.2, -0.15) is 0 Å². The van der Waals surface area contributed by atoms with E-state index >= 15 is 0 Å². The summed E-state index contributed by atoms with van der Waals surface area (Å²) < 4.78 is 0. The van der Waals surface area contributed by atoms with E-state index in [2.05, 4.69) is 25.9 Å².